The summed E-state index contributed by atoms with van der Waals surface area (Å²) in [7, 11) is 0. The molecule has 0 saturated heterocycles. The Bertz CT molecular complexity index is 600. The quantitative estimate of drug-likeness (QED) is 0.611. The van der Waals surface area contributed by atoms with E-state index in [2.05, 4.69) is 19.1 Å². The van der Waals surface area contributed by atoms with E-state index < -0.39 is 17.2 Å². The van der Waals surface area contributed by atoms with Gasteiger partial charge in [-0.3, -0.25) is 0 Å². The average Bonchev–Trinajstić information content (AvgIpc) is 2.52. The molecule has 1 aliphatic rings. The maximum Gasteiger partial charge on any atom is 0.144 e. The summed E-state index contributed by atoms with van der Waals surface area (Å²) in [5, 5.41) is 8.70. The van der Waals surface area contributed by atoms with Crippen molar-refractivity contribution in [2.24, 2.45) is 0 Å². The van der Waals surface area contributed by atoms with Crippen molar-refractivity contribution in [3.8, 4) is 6.07 Å². The first-order chi connectivity index (χ1) is 10.7. The van der Waals surface area contributed by atoms with Gasteiger partial charge in [0.25, 0.3) is 0 Å². The van der Waals surface area contributed by atoms with Crippen LogP contribution in [0.15, 0.2) is 35.9 Å². The van der Waals surface area contributed by atoms with E-state index in [1.807, 2.05) is 6.08 Å². The maximum atomic E-state index is 13.7. The molecule has 2 rings (SSSR count). The van der Waals surface area contributed by atoms with Crippen LogP contribution >= 0.6 is 0 Å². The molecule has 1 nitrogen and oxygen atoms in total. The molecule has 22 heavy (non-hydrogen) atoms. The molecule has 3 heteroatoms. The minimum atomic E-state index is -0.778. The van der Waals surface area contributed by atoms with Crippen molar-refractivity contribution in [2.45, 2.75) is 51.4 Å². The zero-order valence-electron chi connectivity index (χ0n) is 12.9. The molecule has 0 radical (unpaired) electrons. The lowest BCUT2D eigenvalue weighted by molar-refractivity contribution is 0.571. The first-order valence-corrected chi connectivity index (χ1v) is 7.92. The Morgan fingerprint density at radius 1 is 1.18 bits per heavy atom. The summed E-state index contributed by atoms with van der Waals surface area (Å²) in [5.74, 6) is -1.57. The van der Waals surface area contributed by atoms with E-state index in [4.69, 9.17) is 5.26 Å². The summed E-state index contributed by atoms with van der Waals surface area (Å²) in [6, 6.07) is 4.10. The Hall–Kier alpha value is -1.95. The highest BCUT2D eigenvalue weighted by Crippen LogP contribution is 2.30. The second-order valence-corrected chi connectivity index (χ2v) is 5.76. The Kier molecular flexibility index (Phi) is 5.89. The van der Waals surface area contributed by atoms with Gasteiger partial charge in [0, 0.05) is 5.92 Å². The minimum absolute atomic E-state index is 0.0175. The van der Waals surface area contributed by atoms with Gasteiger partial charge in [-0.05, 0) is 37.0 Å². The molecule has 1 aromatic carbocycles. The lowest BCUT2D eigenvalue weighted by Crippen LogP contribution is -2.02. The minimum Gasteiger partial charge on any atom is -0.205 e. The molecular formula is C19H21F2N. The van der Waals surface area contributed by atoms with Crippen molar-refractivity contribution >= 4 is 0 Å². The van der Waals surface area contributed by atoms with Crippen molar-refractivity contribution in [1.29, 1.82) is 5.26 Å². The summed E-state index contributed by atoms with van der Waals surface area (Å²) >= 11 is 0. The number of allylic oxidation sites excluding steroid dienone is 4. The number of nitrogens with zero attached hydrogens (tertiary/aromatic N) is 1. The van der Waals surface area contributed by atoms with Crippen LogP contribution in [-0.4, -0.2) is 0 Å². The van der Waals surface area contributed by atoms with Crippen molar-refractivity contribution in [2.75, 3.05) is 0 Å². The Labute approximate surface area is 131 Å². The second kappa shape index (κ2) is 7.89. The number of nitriles is 1. The first-order valence-electron chi connectivity index (χ1n) is 7.92. The van der Waals surface area contributed by atoms with Gasteiger partial charge in [0.15, 0.2) is 0 Å². The third-order valence-electron chi connectivity index (χ3n) is 4.10. The lowest BCUT2D eigenvalue weighted by atomic mass is 9.88. The molecule has 1 atom stereocenters. The molecule has 0 fully saturated rings. The predicted octanol–water partition coefficient (Wildman–Crippen LogP) is 5.78. The van der Waals surface area contributed by atoms with E-state index in [0.29, 0.717) is 5.56 Å². The Balaban J connectivity index is 1.99. The average molecular weight is 301 g/mol. The van der Waals surface area contributed by atoms with Crippen LogP contribution in [0.1, 0.15) is 62.5 Å². The van der Waals surface area contributed by atoms with E-state index in [-0.39, 0.29) is 5.92 Å². The zero-order valence-corrected chi connectivity index (χ0v) is 12.9. The normalized spacial score (nSPS) is 17.2. The summed E-state index contributed by atoms with van der Waals surface area (Å²) in [6.07, 6.45) is 13.0. The number of benzene rings is 1. The van der Waals surface area contributed by atoms with Gasteiger partial charge >= 0.3 is 0 Å². The van der Waals surface area contributed by atoms with Crippen molar-refractivity contribution in [3.05, 3.63) is 58.7 Å². The molecule has 1 aromatic rings. The molecule has 116 valence electrons. The largest absolute Gasteiger partial charge is 0.205 e. The fourth-order valence-corrected chi connectivity index (χ4v) is 2.77. The smallest absolute Gasteiger partial charge is 0.144 e. The molecule has 0 saturated carbocycles. The lowest BCUT2D eigenvalue weighted by Gasteiger charge is -2.17. The number of rotatable bonds is 6. The van der Waals surface area contributed by atoms with E-state index in [1.165, 1.54) is 43.4 Å². The summed E-state index contributed by atoms with van der Waals surface area (Å²) in [4.78, 5) is 0. The third-order valence-corrected chi connectivity index (χ3v) is 4.10. The Morgan fingerprint density at radius 2 is 1.91 bits per heavy atom. The fraction of sp³-hybridized carbons (Fsp3) is 0.421. The van der Waals surface area contributed by atoms with Gasteiger partial charge in [-0.2, -0.15) is 5.26 Å². The van der Waals surface area contributed by atoms with Crippen LogP contribution in [0.25, 0.3) is 0 Å². The molecule has 0 spiro atoms. The molecule has 0 amide bonds. The van der Waals surface area contributed by atoms with Crippen LogP contribution in [0, 0.1) is 23.0 Å². The molecule has 0 bridgehead atoms. The SMILES string of the molecule is CCCCCCC1=CCC(c2cc(F)c(C#N)c(F)c2)C=C1. The number of halogens is 2. The van der Waals surface area contributed by atoms with Crippen LogP contribution in [0.5, 0.6) is 0 Å². The van der Waals surface area contributed by atoms with Crippen LogP contribution in [0.2, 0.25) is 0 Å². The van der Waals surface area contributed by atoms with Crippen molar-refractivity contribution < 1.29 is 8.78 Å². The molecule has 1 aliphatic carbocycles. The standard InChI is InChI=1S/C19H21F2N/c1-2-3-4-5-6-14-7-9-15(10-8-14)16-11-18(20)17(13-22)19(21)12-16/h7-9,11-12,15H,2-6,10H2,1H3. The molecule has 0 aliphatic heterocycles. The second-order valence-electron chi connectivity index (χ2n) is 5.76. The van der Waals surface area contributed by atoms with Gasteiger partial charge in [0.05, 0.1) is 0 Å². The molecular weight excluding hydrogens is 280 g/mol. The molecule has 0 N–H and O–H groups in total. The van der Waals surface area contributed by atoms with Gasteiger partial charge in [-0.25, -0.2) is 8.78 Å². The molecule has 0 aromatic heterocycles. The van der Waals surface area contributed by atoms with Crippen LogP contribution in [0.4, 0.5) is 8.78 Å². The van der Waals surface area contributed by atoms with Crippen LogP contribution in [0.3, 0.4) is 0 Å². The van der Waals surface area contributed by atoms with Gasteiger partial charge < -0.3 is 0 Å². The predicted molar refractivity (Wildman–Crippen MR) is 84.4 cm³/mol. The van der Waals surface area contributed by atoms with E-state index >= 15 is 0 Å². The first kappa shape index (κ1) is 16.4. The van der Waals surface area contributed by atoms with Crippen molar-refractivity contribution in [3.63, 3.8) is 0 Å². The van der Waals surface area contributed by atoms with Gasteiger partial charge in [-0.1, -0.05) is 50.0 Å². The highest BCUT2D eigenvalue weighted by molar-refractivity contribution is 5.39. The summed E-state index contributed by atoms with van der Waals surface area (Å²) < 4.78 is 27.4. The highest BCUT2D eigenvalue weighted by Gasteiger charge is 2.16. The van der Waals surface area contributed by atoms with Gasteiger partial charge in [0.1, 0.15) is 23.3 Å². The fourth-order valence-electron chi connectivity index (χ4n) is 2.77. The van der Waals surface area contributed by atoms with Crippen molar-refractivity contribution in [1.82, 2.24) is 0 Å². The number of unbranched alkanes of at least 4 members (excludes halogenated alkanes) is 3. The number of hydrogen-bond donors (Lipinski definition) is 0. The summed E-state index contributed by atoms with van der Waals surface area (Å²) in [6.45, 7) is 2.19. The van der Waals surface area contributed by atoms with Gasteiger partial charge in [0.2, 0.25) is 0 Å². The maximum absolute atomic E-state index is 13.7. The van der Waals surface area contributed by atoms with Gasteiger partial charge in [-0.15, -0.1) is 0 Å². The monoisotopic (exact) mass is 301 g/mol. The topological polar surface area (TPSA) is 23.8 Å². The van der Waals surface area contributed by atoms with E-state index in [0.717, 1.165) is 12.8 Å². The highest BCUT2D eigenvalue weighted by atomic mass is 19.1. The molecule has 0 heterocycles. The van der Waals surface area contributed by atoms with E-state index in [9.17, 15) is 8.78 Å². The molecule has 1 unspecified atom stereocenters. The number of hydrogen-bond acceptors (Lipinski definition) is 1. The van der Waals surface area contributed by atoms with E-state index in [1.54, 1.807) is 6.07 Å². The summed E-state index contributed by atoms with van der Waals surface area (Å²) in [5.41, 5.74) is 1.39. The third kappa shape index (κ3) is 4.04. The van der Waals surface area contributed by atoms with Crippen LogP contribution < -0.4 is 0 Å². The van der Waals surface area contributed by atoms with Crippen LogP contribution in [-0.2, 0) is 0 Å². The zero-order chi connectivity index (χ0) is 15.9. The Morgan fingerprint density at radius 3 is 2.45 bits per heavy atom.